The molecule has 0 spiro atoms. The van der Waals surface area contributed by atoms with Gasteiger partial charge in [0.25, 0.3) is 5.56 Å². The second-order valence-corrected chi connectivity index (χ2v) is 7.01. The zero-order valence-corrected chi connectivity index (χ0v) is 14.0. The van der Waals surface area contributed by atoms with E-state index in [-0.39, 0.29) is 5.56 Å². The van der Waals surface area contributed by atoms with Crippen molar-refractivity contribution in [2.75, 3.05) is 11.5 Å². The number of para-hydroxylation sites is 1. The van der Waals surface area contributed by atoms with Crippen molar-refractivity contribution < 1.29 is 4.21 Å². The Kier molecular flexibility index (Phi) is 5.33. The number of hydrogen-bond acceptors (Lipinski definition) is 3. The Morgan fingerprint density at radius 2 is 1.79 bits per heavy atom. The van der Waals surface area contributed by atoms with Gasteiger partial charge in [0.1, 0.15) is 0 Å². The Labute approximate surface area is 142 Å². The number of aryl methyl sites for hydroxylation is 1. The van der Waals surface area contributed by atoms with Gasteiger partial charge in [0.15, 0.2) is 0 Å². The summed E-state index contributed by atoms with van der Waals surface area (Å²) in [6, 6.07) is 17.2. The molecule has 0 saturated heterocycles. The molecule has 0 saturated carbocycles. The van der Waals surface area contributed by atoms with Crippen molar-refractivity contribution in [3.63, 3.8) is 0 Å². The van der Waals surface area contributed by atoms with Gasteiger partial charge in [-0.25, -0.2) is 4.98 Å². The summed E-state index contributed by atoms with van der Waals surface area (Å²) in [5.74, 6) is 0.906. The summed E-state index contributed by atoms with van der Waals surface area (Å²) in [4.78, 5) is 16.6. The monoisotopic (exact) mass is 338 g/mol. The molecule has 1 unspecified atom stereocenters. The molecule has 5 heteroatoms. The Morgan fingerprint density at radius 1 is 1.04 bits per heavy atom. The van der Waals surface area contributed by atoms with E-state index in [1.165, 1.54) is 10.9 Å². The standard InChI is InChI=1S/C19H18N2O2S/c22-19-17-10-4-5-11-18(17)20-15-21(19)12-14-24(23)13-6-9-16-7-2-1-3-8-16/h1-11,15H,12-14H2. The molecular weight excluding hydrogens is 320 g/mol. The highest BCUT2D eigenvalue weighted by atomic mass is 32.2. The predicted molar refractivity (Wildman–Crippen MR) is 99.4 cm³/mol. The van der Waals surface area contributed by atoms with Gasteiger partial charge in [0.2, 0.25) is 0 Å². The molecule has 1 heterocycles. The molecule has 0 N–H and O–H groups in total. The molecule has 24 heavy (non-hydrogen) atoms. The van der Waals surface area contributed by atoms with Crippen LogP contribution in [-0.2, 0) is 17.3 Å². The van der Waals surface area contributed by atoms with Crippen LogP contribution in [0, 0.1) is 0 Å². The van der Waals surface area contributed by atoms with Gasteiger partial charge in [0.05, 0.1) is 17.2 Å². The van der Waals surface area contributed by atoms with Crippen molar-refractivity contribution in [3.8, 4) is 0 Å². The van der Waals surface area contributed by atoms with Crippen molar-refractivity contribution in [3.05, 3.63) is 82.9 Å². The van der Waals surface area contributed by atoms with Crippen LogP contribution in [0.2, 0.25) is 0 Å². The maximum atomic E-state index is 12.4. The van der Waals surface area contributed by atoms with Gasteiger partial charge >= 0.3 is 0 Å². The van der Waals surface area contributed by atoms with Crippen molar-refractivity contribution in [2.24, 2.45) is 0 Å². The zero-order valence-electron chi connectivity index (χ0n) is 13.2. The van der Waals surface area contributed by atoms with E-state index in [2.05, 4.69) is 4.98 Å². The van der Waals surface area contributed by atoms with Crippen molar-refractivity contribution in [1.29, 1.82) is 0 Å². The molecule has 0 amide bonds. The van der Waals surface area contributed by atoms with E-state index in [1.54, 1.807) is 6.07 Å². The third-order valence-corrected chi connectivity index (χ3v) is 4.89. The van der Waals surface area contributed by atoms with E-state index < -0.39 is 10.8 Å². The van der Waals surface area contributed by atoms with Crippen molar-refractivity contribution in [1.82, 2.24) is 9.55 Å². The van der Waals surface area contributed by atoms with E-state index >= 15 is 0 Å². The number of fused-ring (bicyclic) bond motifs is 1. The van der Waals surface area contributed by atoms with Crippen LogP contribution < -0.4 is 5.56 Å². The normalized spacial score (nSPS) is 12.7. The van der Waals surface area contributed by atoms with Crippen LogP contribution in [0.1, 0.15) is 5.56 Å². The summed E-state index contributed by atoms with van der Waals surface area (Å²) in [6.07, 6.45) is 5.40. The van der Waals surface area contributed by atoms with E-state index in [1.807, 2.05) is 60.7 Å². The van der Waals surface area contributed by atoms with E-state index in [0.29, 0.717) is 29.0 Å². The first kappa shape index (κ1) is 16.3. The van der Waals surface area contributed by atoms with Gasteiger partial charge in [0, 0.05) is 28.9 Å². The Hall–Kier alpha value is -2.53. The van der Waals surface area contributed by atoms with Gasteiger partial charge < -0.3 is 0 Å². The Bertz CT molecular complexity index is 933. The molecule has 122 valence electrons. The summed E-state index contributed by atoms with van der Waals surface area (Å²) in [7, 11) is -1.01. The fourth-order valence-corrected chi connectivity index (χ4v) is 3.28. The van der Waals surface area contributed by atoms with Crippen LogP contribution in [0.3, 0.4) is 0 Å². The Morgan fingerprint density at radius 3 is 2.62 bits per heavy atom. The number of benzene rings is 2. The van der Waals surface area contributed by atoms with Crippen LogP contribution in [0.5, 0.6) is 0 Å². The van der Waals surface area contributed by atoms with Gasteiger partial charge in [-0.2, -0.15) is 0 Å². The molecule has 0 bridgehead atoms. The molecule has 3 rings (SSSR count). The lowest BCUT2D eigenvalue weighted by molar-refractivity contribution is 0.669. The van der Waals surface area contributed by atoms with E-state index in [0.717, 1.165) is 5.56 Å². The number of rotatable bonds is 6. The van der Waals surface area contributed by atoms with E-state index in [4.69, 9.17) is 0 Å². The minimum Gasteiger partial charge on any atom is -0.298 e. The minimum atomic E-state index is -1.01. The van der Waals surface area contributed by atoms with Crippen LogP contribution in [0.4, 0.5) is 0 Å². The van der Waals surface area contributed by atoms with Crippen molar-refractivity contribution in [2.45, 2.75) is 6.54 Å². The van der Waals surface area contributed by atoms with Crippen LogP contribution in [-0.4, -0.2) is 25.3 Å². The van der Waals surface area contributed by atoms with Crippen molar-refractivity contribution >= 4 is 27.8 Å². The summed E-state index contributed by atoms with van der Waals surface area (Å²) < 4.78 is 13.6. The first-order chi connectivity index (χ1) is 11.7. The number of hydrogen-bond donors (Lipinski definition) is 0. The summed E-state index contributed by atoms with van der Waals surface area (Å²) >= 11 is 0. The Balaban J connectivity index is 1.59. The second-order valence-electron chi connectivity index (χ2n) is 5.38. The molecule has 0 aliphatic heterocycles. The summed E-state index contributed by atoms with van der Waals surface area (Å²) in [5.41, 5.74) is 1.69. The topological polar surface area (TPSA) is 52.0 Å². The molecule has 2 aromatic carbocycles. The third kappa shape index (κ3) is 4.06. The number of nitrogens with zero attached hydrogens (tertiary/aromatic N) is 2. The molecule has 0 fully saturated rings. The molecule has 3 aromatic rings. The average Bonchev–Trinajstić information content (AvgIpc) is 2.62. The molecule has 0 aliphatic carbocycles. The smallest absolute Gasteiger partial charge is 0.261 e. The lowest BCUT2D eigenvalue weighted by Gasteiger charge is -2.05. The third-order valence-electron chi connectivity index (χ3n) is 3.68. The quantitative estimate of drug-likeness (QED) is 0.694. The summed E-state index contributed by atoms with van der Waals surface area (Å²) in [5, 5.41) is 0.592. The molecular formula is C19H18N2O2S. The average molecular weight is 338 g/mol. The van der Waals surface area contributed by atoms with Gasteiger partial charge in [-0.1, -0.05) is 54.6 Å². The lowest BCUT2D eigenvalue weighted by Crippen LogP contribution is -2.23. The highest BCUT2D eigenvalue weighted by molar-refractivity contribution is 7.85. The van der Waals surface area contributed by atoms with Gasteiger partial charge in [-0.3, -0.25) is 13.6 Å². The fourth-order valence-electron chi connectivity index (χ4n) is 2.40. The van der Waals surface area contributed by atoms with Crippen LogP contribution in [0.25, 0.3) is 17.0 Å². The van der Waals surface area contributed by atoms with Gasteiger partial charge in [-0.15, -0.1) is 0 Å². The van der Waals surface area contributed by atoms with Gasteiger partial charge in [-0.05, 0) is 17.7 Å². The molecule has 1 atom stereocenters. The van der Waals surface area contributed by atoms with E-state index in [9.17, 15) is 9.00 Å². The first-order valence-electron chi connectivity index (χ1n) is 7.75. The van der Waals surface area contributed by atoms with Crippen LogP contribution in [0.15, 0.2) is 71.8 Å². The first-order valence-corrected chi connectivity index (χ1v) is 9.23. The predicted octanol–water partition coefficient (Wildman–Crippen LogP) is 2.86. The highest BCUT2D eigenvalue weighted by Gasteiger charge is 2.04. The molecule has 4 nitrogen and oxygen atoms in total. The maximum Gasteiger partial charge on any atom is 0.261 e. The minimum absolute atomic E-state index is 0.0857. The SMILES string of the molecule is O=c1c2ccccc2ncn1CCS(=O)CC=Cc1ccccc1. The second kappa shape index (κ2) is 7.84. The lowest BCUT2D eigenvalue weighted by atomic mass is 10.2. The fraction of sp³-hybridized carbons (Fsp3) is 0.158. The largest absolute Gasteiger partial charge is 0.298 e. The molecule has 0 radical (unpaired) electrons. The maximum absolute atomic E-state index is 12.4. The number of aromatic nitrogens is 2. The zero-order chi connectivity index (χ0) is 16.8. The highest BCUT2D eigenvalue weighted by Crippen LogP contribution is 2.05. The summed E-state index contributed by atoms with van der Waals surface area (Å²) in [6.45, 7) is 0.405. The molecule has 0 aliphatic rings. The molecule has 1 aromatic heterocycles. The van der Waals surface area contributed by atoms with Crippen LogP contribution >= 0.6 is 0 Å².